The normalized spacial score (nSPS) is 44.2. The summed E-state index contributed by atoms with van der Waals surface area (Å²) in [5.41, 5.74) is 0.0232. The molecule has 0 aliphatic heterocycles. The molecule has 36 heavy (non-hydrogen) atoms. The molecule has 4 saturated carbocycles. The van der Waals surface area contributed by atoms with Crippen molar-refractivity contribution < 1.29 is 18.7 Å². The summed E-state index contributed by atoms with van der Waals surface area (Å²) in [5, 5.41) is 18.7. The molecule has 4 aliphatic rings. The van der Waals surface area contributed by atoms with Gasteiger partial charge in [0.25, 0.3) is 0 Å². The summed E-state index contributed by atoms with van der Waals surface area (Å²) < 4.78 is 29.3. The van der Waals surface area contributed by atoms with E-state index in [1.807, 2.05) is 6.92 Å². The van der Waals surface area contributed by atoms with E-state index in [2.05, 4.69) is 31.1 Å². The molecule has 1 heterocycles. The van der Waals surface area contributed by atoms with Gasteiger partial charge in [0.1, 0.15) is 17.9 Å². The summed E-state index contributed by atoms with van der Waals surface area (Å²) in [7, 11) is 0. The summed E-state index contributed by atoms with van der Waals surface area (Å²) in [5.74, 6) is 0.393. The van der Waals surface area contributed by atoms with Crippen molar-refractivity contribution in [2.75, 3.05) is 0 Å². The Morgan fingerprint density at radius 3 is 2.58 bits per heavy atom. The largest absolute Gasteiger partial charge is 0.390 e. The zero-order valence-corrected chi connectivity index (χ0v) is 22.0. The summed E-state index contributed by atoms with van der Waals surface area (Å²) in [4.78, 5) is 13.7. The number of benzene rings is 1. The predicted molar refractivity (Wildman–Crippen MR) is 133 cm³/mol. The first-order chi connectivity index (χ1) is 16.9. The van der Waals surface area contributed by atoms with Crippen molar-refractivity contribution in [3.05, 3.63) is 23.8 Å². The van der Waals surface area contributed by atoms with Crippen molar-refractivity contribution in [3.8, 4) is 0 Å². The molecule has 8 atom stereocenters. The van der Waals surface area contributed by atoms with Gasteiger partial charge in [-0.05, 0) is 98.7 Å². The van der Waals surface area contributed by atoms with Gasteiger partial charge in [0, 0.05) is 18.1 Å². The Bertz CT molecular complexity index is 1230. The number of ketones is 1. The molecular weight excluding hydrogens is 460 g/mol. The van der Waals surface area contributed by atoms with Crippen LogP contribution in [0.2, 0.25) is 0 Å². The third-order valence-corrected chi connectivity index (χ3v) is 11.9. The minimum atomic E-state index is -0.753. The molecule has 1 aromatic heterocycles. The van der Waals surface area contributed by atoms with E-state index in [-0.39, 0.29) is 45.5 Å². The van der Waals surface area contributed by atoms with Gasteiger partial charge in [0.15, 0.2) is 11.6 Å². The number of aliphatic hydroxyl groups is 1. The van der Waals surface area contributed by atoms with Crippen LogP contribution in [-0.4, -0.2) is 31.5 Å². The summed E-state index contributed by atoms with van der Waals surface area (Å²) in [6.07, 6.45) is 9.29. The van der Waals surface area contributed by atoms with Crippen LogP contribution in [0.3, 0.4) is 0 Å². The number of rotatable bonds is 3. The third kappa shape index (κ3) is 3.36. The third-order valence-electron chi connectivity index (χ3n) is 11.9. The second kappa shape index (κ2) is 7.81. The van der Waals surface area contributed by atoms with Crippen molar-refractivity contribution in [1.29, 1.82) is 0 Å². The minimum Gasteiger partial charge on any atom is -0.390 e. The van der Waals surface area contributed by atoms with Gasteiger partial charge in [-0.25, -0.2) is 13.5 Å². The van der Waals surface area contributed by atoms with Gasteiger partial charge in [0.2, 0.25) is 0 Å². The first-order valence-electron chi connectivity index (χ1n) is 13.8. The van der Waals surface area contributed by atoms with E-state index in [0.717, 1.165) is 57.4 Å². The summed E-state index contributed by atoms with van der Waals surface area (Å²) >= 11 is 0. The van der Waals surface area contributed by atoms with E-state index >= 15 is 0 Å². The van der Waals surface area contributed by atoms with E-state index in [4.69, 9.17) is 0 Å². The first kappa shape index (κ1) is 24.4. The van der Waals surface area contributed by atoms with Crippen molar-refractivity contribution in [1.82, 2.24) is 15.0 Å². The van der Waals surface area contributed by atoms with Crippen molar-refractivity contribution >= 4 is 16.8 Å². The molecule has 5 nitrogen and oxygen atoms in total. The van der Waals surface area contributed by atoms with Crippen LogP contribution in [0.15, 0.2) is 12.1 Å². The number of halogens is 2. The summed E-state index contributed by atoms with van der Waals surface area (Å²) in [6.45, 7) is 9.25. The molecule has 7 heteroatoms. The Kier molecular flexibility index (Phi) is 5.30. The number of aromatic nitrogens is 3. The molecule has 1 aromatic carbocycles. The number of fused-ring (bicyclic) bond motifs is 6. The van der Waals surface area contributed by atoms with Crippen LogP contribution in [0.1, 0.15) is 85.5 Å². The Hall–Kier alpha value is -1.89. The Balaban J connectivity index is 1.24. The predicted octanol–water partition coefficient (Wildman–Crippen LogP) is 6.08. The molecule has 196 valence electrons. The fourth-order valence-corrected chi connectivity index (χ4v) is 9.83. The average Bonchev–Trinajstić information content (AvgIpc) is 3.35. The minimum absolute atomic E-state index is 0.00479. The molecule has 0 unspecified atom stereocenters. The number of carbonyl (C=O) groups is 1. The molecule has 4 aliphatic carbocycles. The molecule has 4 fully saturated rings. The van der Waals surface area contributed by atoms with Gasteiger partial charge >= 0.3 is 0 Å². The Morgan fingerprint density at radius 2 is 1.81 bits per heavy atom. The van der Waals surface area contributed by atoms with Crippen LogP contribution in [0.4, 0.5) is 8.78 Å². The molecule has 0 saturated heterocycles. The quantitative estimate of drug-likeness (QED) is 0.556. The standard InChI is InChI=1S/C29H39F2N3O2/c1-26-9-7-18-19-5-6-21(24(35)15-34-23-14-17(30)13-22(31)25(23)32-33-34)28(19,3)10-8-20(18)29(26,4)12-11-27(2,36)16-26/h13-14,18-21,36H,5-12,15-16H2,1-4H3/t18-,19-,20-,21+,26+,27+,28-,29+/m0/s1. The Morgan fingerprint density at radius 1 is 1.03 bits per heavy atom. The maximum absolute atomic E-state index is 14.1. The zero-order valence-electron chi connectivity index (χ0n) is 22.0. The highest BCUT2D eigenvalue weighted by Crippen LogP contribution is 2.71. The highest BCUT2D eigenvalue weighted by atomic mass is 19.1. The van der Waals surface area contributed by atoms with Crippen LogP contribution >= 0.6 is 0 Å². The monoisotopic (exact) mass is 499 g/mol. The van der Waals surface area contributed by atoms with Crippen LogP contribution in [0.5, 0.6) is 0 Å². The highest BCUT2D eigenvalue weighted by Gasteiger charge is 2.64. The van der Waals surface area contributed by atoms with E-state index in [9.17, 15) is 18.7 Å². The second-order valence-corrected chi connectivity index (χ2v) is 13.7. The lowest BCUT2D eigenvalue weighted by Crippen LogP contribution is -2.60. The SMILES string of the molecule is C[C@@]1(O)CC[C@]2(C)[C@H]3CC[C@]4(C)[C@@H](C(=O)Cn5nnc6c(F)cc(F)cc65)CC[C@H]4[C@@H]3CC[C@]2(C)C1. The lowest BCUT2D eigenvalue weighted by atomic mass is 9.39. The molecule has 6 rings (SSSR count). The van der Waals surface area contributed by atoms with Crippen molar-refractivity contribution in [2.45, 2.75) is 97.6 Å². The molecule has 0 radical (unpaired) electrons. The lowest BCUT2D eigenvalue weighted by molar-refractivity contribution is -0.189. The number of hydrogen-bond acceptors (Lipinski definition) is 4. The van der Waals surface area contributed by atoms with Crippen molar-refractivity contribution in [2.24, 2.45) is 39.9 Å². The van der Waals surface area contributed by atoms with Crippen molar-refractivity contribution in [3.63, 3.8) is 0 Å². The number of Topliss-reactive ketones (excluding diaryl/α,β-unsaturated/α-hetero) is 1. The number of hydrogen-bond donors (Lipinski definition) is 1. The molecule has 0 amide bonds. The smallest absolute Gasteiger partial charge is 0.157 e. The van der Waals surface area contributed by atoms with Crippen LogP contribution in [0.25, 0.3) is 11.0 Å². The van der Waals surface area contributed by atoms with E-state index < -0.39 is 17.2 Å². The van der Waals surface area contributed by atoms with E-state index in [0.29, 0.717) is 17.8 Å². The fraction of sp³-hybridized carbons (Fsp3) is 0.759. The van der Waals surface area contributed by atoms with Crippen LogP contribution < -0.4 is 0 Å². The van der Waals surface area contributed by atoms with E-state index in [1.165, 1.54) is 17.2 Å². The second-order valence-electron chi connectivity index (χ2n) is 13.7. The Labute approximate surface area is 212 Å². The van der Waals surface area contributed by atoms with Gasteiger partial charge in [0.05, 0.1) is 11.1 Å². The van der Waals surface area contributed by atoms with Crippen LogP contribution in [0, 0.1) is 51.6 Å². The zero-order chi connectivity index (χ0) is 25.7. The highest BCUT2D eigenvalue weighted by molar-refractivity contribution is 5.84. The molecule has 2 aromatic rings. The average molecular weight is 500 g/mol. The molecule has 0 bridgehead atoms. The molecule has 1 N–H and O–H groups in total. The molecular formula is C29H39F2N3O2. The molecule has 0 spiro atoms. The van der Waals surface area contributed by atoms with Crippen LogP contribution in [-0.2, 0) is 11.3 Å². The van der Waals surface area contributed by atoms with Gasteiger partial charge in [-0.15, -0.1) is 5.10 Å². The maximum Gasteiger partial charge on any atom is 0.157 e. The van der Waals surface area contributed by atoms with E-state index in [1.54, 1.807) is 0 Å². The maximum atomic E-state index is 14.1. The lowest BCUT2D eigenvalue weighted by Gasteiger charge is -2.66. The fourth-order valence-electron chi connectivity index (χ4n) is 9.83. The number of carbonyl (C=O) groups excluding carboxylic acids is 1. The van der Waals surface area contributed by atoms with Gasteiger partial charge in [-0.2, -0.15) is 0 Å². The summed E-state index contributed by atoms with van der Waals surface area (Å²) in [6, 6.07) is 2.00. The van der Waals surface area contributed by atoms with Gasteiger partial charge in [-0.1, -0.05) is 26.0 Å². The van der Waals surface area contributed by atoms with Gasteiger partial charge < -0.3 is 5.11 Å². The first-order valence-corrected chi connectivity index (χ1v) is 13.8. The van der Waals surface area contributed by atoms with Gasteiger partial charge in [-0.3, -0.25) is 4.79 Å². The topological polar surface area (TPSA) is 68.0 Å². The number of nitrogens with zero attached hydrogens (tertiary/aromatic N) is 3.